The number of thiazole rings is 1. The Morgan fingerprint density at radius 2 is 1.76 bits per heavy atom. The van der Waals surface area contributed by atoms with Gasteiger partial charge in [-0.25, -0.2) is 13.4 Å². The van der Waals surface area contributed by atoms with Gasteiger partial charge in [-0.2, -0.15) is 4.31 Å². The summed E-state index contributed by atoms with van der Waals surface area (Å²) >= 11 is 1.25. The van der Waals surface area contributed by atoms with Gasteiger partial charge < -0.3 is 4.74 Å². The Labute approximate surface area is 199 Å². The van der Waals surface area contributed by atoms with Gasteiger partial charge in [0.05, 0.1) is 27.3 Å². The minimum atomic E-state index is -3.60. The Bertz CT molecular complexity index is 1180. The lowest BCUT2D eigenvalue weighted by atomic mass is 10.2. The topological polar surface area (TPSA) is 88.6 Å². The minimum absolute atomic E-state index is 0.255. The van der Waals surface area contributed by atoms with E-state index in [1.807, 2.05) is 13.0 Å². The standard InChI is InChI=1S/C24H31N3O4S2/c1-4-7-15-27(16-8-5-2)33(29,30)18-13-14-20-22(17-18)32-24(25-20)26-23(28)19-11-9-10-12-21(19)31-6-3/h9-14,17H,4-8,15-16H2,1-3H3,(H,25,26,28). The van der Waals surface area contributed by atoms with Gasteiger partial charge >= 0.3 is 0 Å². The number of benzene rings is 2. The van der Waals surface area contributed by atoms with Gasteiger partial charge in [-0.1, -0.05) is 50.2 Å². The summed E-state index contributed by atoms with van der Waals surface area (Å²) in [4.78, 5) is 17.5. The van der Waals surface area contributed by atoms with Crippen LogP contribution in [0.5, 0.6) is 5.75 Å². The normalized spacial score (nSPS) is 11.8. The molecule has 0 aliphatic rings. The molecule has 1 amide bonds. The van der Waals surface area contributed by atoms with E-state index in [4.69, 9.17) is 4.74 Å². The average molecular weight is 490 g/mol. The van der Waals surface area contributed by atoms with E-state index in [1.165, 1.54) is 11.3 Å². The molecule has 0 fully saturated rings. The number of nitrogens with zero attached hydrogens (tertiary/aromatic N) is 2. The van der Waals surface area contributed by atoms with Crippen molar-refractivity contribution < 1.29 is 17.9 Å². The number of amides is 1. The van der Waals surface area contributed by atoms with Crippen molar-refractivity contribution in [1.29, 1.82) is 0 Å². The van der Waals surface area contributed by atoms with Crippen LogP contribution in [0, 0.1) is 0 Å². The summed E-state index contributed by atoms with van der Waals surface area (Å²) < 4.78 is 34.4. The Kier molecular flexibility index (Phi) is 8.82. The molecule has 0 aliphatic heterocycles. The maximum Gasteiger partial charge on any atom is 0.261 e. The Morgan fingerprint density at radius 3 is 2.42 bits per heavy atom. The highest BCUT2D eigenvalue weighted by Gasteiger charge is 2.24. The molecule has 0 saturated heterocycles. The van der Waals surface area contributed by atoms with Crippen molar-refractivity contribution in [2.75, 3.05) is 25.0 Å². The predicted octanol–water partition coefficient (Wildman–Crippen LogP) is 5.54. The fourth-order valence-corrected chi connectivity index (χ4v) is 5.91. The number of carbonyl (C=O) groups is 1. The molecular formula is C24H31N3O4S2. The van der Waals surface area contributed by atoms with Crippen molar-refractivity contribution in [3.63, 3.8) is 0 Å². The van der Waals surface area contributed by atoms with Crippen LogP contribution in [-0.2, 0) is 10.0 Å². The molecule has 0 saturated carbocycles. The summed E-state index contributed by atoms with van der Waals surface area (Å²) in [5, 5.41) is 3.22. The molecule has 178 valence electrons. The van der Waals surface area contributed by atoms with E-state index in [-0.39, 0.29) is 10.8 Å². The van der Waals surface area contributed by atoms with Crippen molar-refractivity contribution in [1.82, 2.24) is 9.29 Å². The molecular weight excluding hydrogens is 458 g/mol. The molecule has 0 unspecified atom stereocenters. The Hall–Kier alpha value is -2.49. The van der Waals surface area contributed by atoms with E-state index >= 15 is 0 Å². The number of ether oxygens (including phenoxy) is 1. The van der Waals surface area contributed by atoms with Gasteiger partial charge in [-0.15, -0.1) is 0 Å². The molecule has 1 heterocycles. The molecule has 1 aromatic heterocycles. The van der Waals surface area contributed by atoms with Crippen LogP contribution in [0.25, 0.3) is 10.2 Å². The van der Waals surface area contributed by atoms with Crippen LogP contribution in [0.3, 0.4) is 0 Å². The zero-order chi connectivity index (χ0) is 23.8. The van der Waals surface area contributed by atoms with Gasteiger partial charge in [0, 0.05) is 13.1 Å². The summed E-state index contributed by atoms with van der Waals surface area (Å²) in [5.74, 6) is 0.183. The van der Waals surface area contributed by atoms with Gasteiger partial charge in [0.2, 0.25) is 10.0 Å². The summed E-state index contributed by atoms with van der Waals surface area (Å²) in [6.07, 6.45) is 3.51. The van der Waals surface area contributed by atoms with E-state index in [2.05, 4.69) is 24.1 Å². The SMILES string of the molecule is CCCCN(CCCC)S(=O)(=O)c1ccc2nc(NC(=O)c3ccccc3OCC)sc2c1. The van der Waals surface area contributed by atoms with Crippen LogP contribution in [-0.4, -0.2) is 43.3 Å². The van der Waals surface area contributed by atoms with Crippen LogP contribution in [0.1, 0.15) is 56.8 Å². The lowest BCUT2D eigenvalue weighted by Crippen LogP contribution is -2.33. The number of fused-ring (bicyclic) bond motifs is 1. The van der Waals surface area contributed by atoms with Crippen LogP contribution < -0.4 is 10.1 Å². The Balaban J connectivity index is 1.84. The molecule has 0 atom stereocenters. The largest absolute Gasteiger partial charge is 0.493 e. The summed E-state index contributed by atoms with van der Waals surface area (Å²) in [6.45, 7) is 7.45. The van der Waals surface area contributed by atoms with E-state index in [0.29, 0.717) is 46.4 Å². The highest BCUT2D eigenvalue weighted by atomic mass is 32.2. The van der Waals surface area contributed by atoms with E-state index in [9.17, 15) is 13.2 Å². The minimum Gasteiger partial charge on any atom is -0.493 e. The number of hydrogen-bond acceptors (Lipinski definition) is 6. The van der Waals surface area contributed by atoms with Crippen molar-refractivity contribution in [3.05, 3.63) is 48.0 Å². The smallest absolute Gasteiger partial charge is 0.261 e. The maximum atomic E-state index is 13.3. The molecule has 0 spiro atoms. The first-order valence-corrected chi connectivity index (χ1v) is 13.6. The first-order valence-electron chi connectivity index (χ1n) is 11.3. The number of anilines is 1. The number of nitrogens with one attached hydrogen (secondary N) is 1. The van der Waals surface area contributed by atoms with Crippen LogP contribution in [0.4, 0.5) is 5.13 Å². The second-order valence-corrected chi connectivity index (χ2v) is 10.6. The number of para-hydroxylation sites is 1. The first-order chi connectivity index (χ1) is 15.9. The quantitative estimate of drug-likeness (QED) is 0.361. The van der Waals surface area contributed by atoms with Crippen molar-refractivity contribution in [3.8, 4) is 5.75 Å². The second-order valence-electron chi connectivity index (χ2n) is 7.64. The van der Waals surface area contributed by atoms with Gasteiger partial charge in [-0.3, -0.25) is 10.1 Å². The lowest BCUT2D eigenvalue weighted by Gasteiger charge is -2.21. The van der Waals surface area contributed by atoms with Gasteiger partial charge in [0.25, 0.3) is 5.91 Å². The number of hydrogen-bond donors (Lipinski definition) is 1. The molecule has 9 heteroatoms. The summed E-state index contributed by atoms with van der Waals surface area (Å²) in [6, 6.07) is 12.0. The average Bonchev–Trinajstić information content (AvgIpc) is 3.21. The Morgan fingerprint density at radius 1 is 1.06 bits per heavy atom. The number of carbonyl (C=O) groups excluding carboxylic acids is 1. The molecule has 2 aromatic carbocycles. The van der Waals surface area contributed by atoms with Gasteiger partial charge in [0.15, 0.2) is 5.13 Å². The summed E-state index contributed by atoms with van der Waals surface area (Å²) in [5.41, 5.74) is 1.06. The van der Waals surface area contributed by atoms with E-state index in [0.717, 1.165) is 25.7 Å². The zero-order valence-electron chi connectivity index (χ0n) is 19.3. The number of unbranched alkanes of at least 4 members (excludes halogenated alkanes) is 2. The fraction of sp³-hybridized carbons (Fsp3) is 0.417. The van der Waals surface area contributed by atoms with Crippen molar-refractivity contribution in [2.24, 2.45) is 0 Å². The summed E-state index contributed by atoms with van der Waals surface area (Å²) in [7, 11) is -3.60. The number of aromatic nitrogens is 1. The third kappa shape index (κ3) is 6.10. The molecule has 1 N–H and O–H groups in total. The molecule has 3 rings (SSSR count). The van der Waals surface area contributed by atoms with Gasteiger partial charge in [-0.05, 0) is 50.1 Å². The zero-order valence-corrected chi connectivity index (χ0v) is 21.0. The maximum absolute atomic E-state index is 13.3. The van der Waals surface area contributed by atoms with Crippen LogP contribution in [0.15, 0.2) is 47.4 Å². The second kappa shape index (κ2) is 11.6. The van der Waals surface area contributed by atoms with Crippen LogP contribution >= 0.6 is 11.3 Å². The molecule has 0 aliphatic carbocycles. The first kappa shape index (κ1) is 25.1. The molecule has 0 radical (unpaired) electrons. The van der Waals surface area contributed by atoms with Gasteiger partial charge in [0.1, 0.15) is 5.75 Å². The van der Waals surface area contributed by atoms with Crippen LogP contribution in [0.2, 0.25) is 0 Å². The van der Waals surface area contributed by atoms with Crippen molar-refractivity contribution >= 4 is 42.6 Å². The molecule has 0 bridgehead atoms. The highest BCUT2D eigenvalue weighted by molar-refractivity contribution is 7.89. The highest BCUT2D eigenvalue weighted by Crippen LogP contribution is 2.30. The monoisotopic (exact) mass is 489 g/mol. The molecule has 7 nitrogen and oxygen atoms in total. The van der Waals surface area contributed by atoms with E-state index in [1.54, 1.807) is 40.7 Å². The third-order valence-corrected chi connectivity index (χ3v) is 8.00. The van der Waals surface area contributed by atoms with E-state index < -0.39 is 10.0 Å². The lowest BCUT2D eigenvalue weighted by molar-refractivity contribution is 0.102. The van der Waals surface area contributed by atoms with Crippen molar-refractivity contribution in [2.45, 2.75) is 51.3 Å². The molecule has 33 heavy (non-hydrogen) atoms. The number of rotatable bonds is 12. The fourth-order valence-electron chi connectivity index (χ4n) is 3.39. The predicted molar refractivity (Wildman–Crippen MR) is 134 cm³/mol. The molecule has 3 aromatic rings. The third-order valence-electron chi connectivity index (χ3n) is 5.17. The number of sulfonamides is 1.